The molecule has 0 atom stereocenters. The molecule has 0 unspecified atom stereocenters. The number of aliphatic hydroxyl groups excluding tert-OH is 1. The Labute approximate surface area is 215 Å². The van der Waals surface area contributed by atoms with E-state index in [0.29, 0.717) is 30.8 Å². The highest BCUT2D eigenvalue weighted by atomic mass is 16.3. The summed E-state index contributed by atoms with van der Waals surface area (Å²) in [6, 6.07) is 32.9. The lowest BCUT2D eigenvalue weighted by Gasteiger charge is -2.24. The van der Waals surface area contributed by atoms with Gasteiger partial charge in [0, 0.05) is 36.4 Å². The Balaban J connectivity index is 1.41. The summed E-state index contributed by atoms with van der Waals surface area (Å²) in [7, 11) is 0. The van der Waals surface area contributed by atoms with E-state index in [1.54, 1.807) is 4.90 Å². The largest absolute Gasteiger partial charge is 0.392 e. The van der Waals surface area contributed by atoms with E-state index in [-0.39, 0.29) is 18.4 Å². The first-order valence-corrected chi connectivity index (χ1v) is 12.4. The standard InChI is InChI=1S/C32H26N2O3/c35-21-22-15-16-25-20-33(31(36)28-13-5-9-23-7-1-3-11-26(23)28)17-18-34(30(25)19-22)32(37)29-14-6-10-24-8-2-4-12-27(24)29/h1-16,19,35H,17-18,20-21H2. The van der Waals surface area contributed by atoms with Crippen LogP contribution in [0.3, 0.4) is 0 Å². The average Bonchev–Trinajstić information content (AvgIpc) is 3.15. The third-order valence-corrected chi connectivity index (χ3v) is 7.15. The van der Waals surface area contributed by atoms with Crippen LogP contribution in [0.1, 0.15) is 31.8 Å². The van der Waals surface area contributed by atoms with Crippen molar-refractivity contribution < 1.29 is 14.7 Å². The minimum absolute atomic E-state index is 0.0616. The fourth-order valence-corrected chi connectivity index (χ4v) is 5.24. The van der Waals surface area contributed by atoms with E-state index in [1.165, 1.54) is 0 Å². The molecule has 5 heteroatoms. The molecular weight excluding hydrogens is 460 g/mol. The maximum Gasteiger partial charge on any atom is 0.258 e. The predicted molar refractivity (Wildman–Crippen MR) is 147 cm³/mol. The first kappa shape index (κ1) is 23.0. The molecule has 0 fully saturated rings. The van der Waals surface area contributed by atoms with Crippen LogP contribution in [0, 0.1) is 0 Å². The topological polar surface area (TPSA) is 60.9 Å². The van der Waals surface area contributed by atoms with E-state index in [4.69, 9.17) is 0 Å². The zero-order valence-electron chi connectivity index (χ0n) is 20.3. The lowest BCUT2D eigenvalue weighted by atomic mass is 10.0. The monoisotopic (exact) mass is 486 g/mol. The van der Waals surface area contributed by atoms with Gasteiger partial charge in [0.05, 0.1) is 6.61 Å². The van der Waals surface area contributed by atoms with Gasteiger partial charge in [-0.3, -0.25) is 9.59 Å². The molecule has 1 aliphatic heterocycles. The molecule has 0 saturated carbocycles. The molecule has 6 rings (SSSR count). The maximum atomic E-state index is 14.0. The van der Waals surface area contributed by atoms with Crippen LogP contribution in [0.2, 0.25) is 0 Å². The van der Waals surface area contributed by atoms with Gasteiger partial charge >= 0.3 is 0 Å². The van der Waals surface area contributed by atoms with E-state index in [1.807, 2.05) is 108 Å². The minimum Gasteiger partial charge on any atom is -0.392 e. The molecular formula is C32H26N2O3. The summed E-state index contributed by atoms with van der Waals surface area (Å²) in [6.07, 6.45) is 0. The van der Waals surface area contributed by atoms with Crippen molar-refractivity contribution in [3.8, 4) is 0 Å². The number of hydrogen-bond donors (Lipinski definition) is 1. The Morgan fingerprint density at radius 1 is 0.676 bits per heavy atom. The molecule has 0 radical (unpaired) electrons. The fraction of sp³-hybridized carbons (Fsp3) is 0.125. The average molecular weight is 487 g/mol. The van der Waals surface area contributed by atoms with Crippen molar-refractivity contribution in [2.45, 2.75) is 13.2 Å². The first-order chi connectivity index (χ1) is 18.1. The van der Waals surface area contributed by atoms with Crippen molar-refractivity contribution in [3.63, 3.8) is 0 Å². The molecule has 2 amide bonds. The molecule has 5 aromatic rings. The molecule has 0 bridgehead atoms. The maximum absolute atomic E-state index is 14.0. The van der Waals surface area contributed by atoms with Crippen molar-refractivity contribution in [1.82, 2.24) is 4.90 Å². The van der Waals surface area contributed by atoms with Gasteiger partial charge in [-0.25, -0.2) is 0 Å². The second-order valence-electron chi connectivity index (χ2n) is 9.36. The van der Waals surface area contributed by atoms with E-state index >= 15 is 0 Å². The number of hydrogen-bond acceptors (Lipinski definition) is 3. The molecule has 1 aliphatic rings. The molecule has 0 aliphatic carbocycles. The number of carbonyl (C=O) groups is 2. The number of anilines is 1. The van der Waals surface area contributed by atoms with E-state index < -0.39 is 0 Å². The van der Waals surface area contributed by atoms with E-state index in [0.717, 1.165) is 38.4 Å². The van der Waals surface area contributed by atoms with Crippen LogP contribution in [-0.4, -0.2) is 34.9 Å². The summed E-state index contributed by atoms with van der Waals surface area (Å²) in [5.41, 5.74) is 3.60. The Hall–Kier alpha value is -4.48. The Bertz CT molecular complexity index is 1650. The van der Waals surface area contributed by atoms with Crippen molar-refractivity contribution in [3.05, 3.63) is 125 Å². The van der Waals surface area contributed by atoms with Gasteiger partial charge in [-0.15, -0.1) is 0 Å². The number of amides is 2. The SMILES string of the molecule is O=C(c1cccc2ccccc12)N1CCN(C(=O)c2cccc3ccccc23)c2cc(CO)ccc2C1. The van der Waals surface area contributed by atoms with Gasteiger partial charge in [-0.2, -0.15) is 0 Å². The summed E-state index contributed by atoms with van der Waals surface area (Å²) in [4.78, 5) is 31.4. The van der Waals surface area contributed by atoms with Gasteiger partial charge in [-0.1, -0.05) is 84.9 Å². The van der Waals surface area contributed by atoms with Crippen LogP contribution in [0.5, 0.6) is 0 Å². The second kappa shape index (κ2) is 9.52. The summed E-state index contributed by atoms with van der Waals surface area (Å²) >= 11 is 0. The molecule has 0 spiro atoms. The zero-order chi connectivity index (χ0) is 25.4. The third kappa shape index (κ3) is 4.13. The van der Waals surface area contributed by atoms with Gasteiger partial charge in [-0.05, 0) is 50.9 Å². The van der Waals surface area contributed by atoms with E-state index in [9.17, 15) is 14.7 Å². The molecule has 5 nitrogen and oxygen atoms in total. The Morgan fingerprint density at radius 2 is 1.27 bits per heavy atom. The molecule has 0 saturated heterocycles. The third-order valence-electron chi connectivity index (χ3n) is 7.15. The number of fused-ring (bicyclic) bond motifs is 3. The number of rotatable bonds is 3. The Kier molecular flexibility index (Phi) is 5.91. The molecule has 1 N–H and O–H groups in total. The molecule has 5 aromatic carbocycles. The summed E-state index contributed by atoms with van der Waals surface area (Å²) in [5.74, 6) is -0.180. The number of carbonyl (C=O) groups excluding carboxylic acids is 2. The Morgan fingerprint density at radius 3 is 1.92 bits per heavy atom. The summed E-state index contributed by atoms with van der Waals surface area (Å²) < 4.78 is 0. The normalized spacial score (nSPS) is 13.4. The minimum atomic E-state index is -0.123. The summed E-state index contributed by atoms with van der Waals surface area (Å²) in [6.45, 7) is 0.993. The molecule has 1 heterocycles. The van der Waals surface area contributed by atoms with Crippen molar-refractivity contribution >= 4 is 39.0 Å². The van der Waals surface area contributed by atoms with Crippen LogP contribution < -0.4 is 4.90 Å². The second-order valence-corrected chi connectivity index (χ2v) is 9.36. The molecule has 37 heavy (non-hydrogen) atoms. The van der Waals surface area contributed by atoms with Crippen LogP contribution in [0.25, 0.3) is 21.5 Å². The smallest absolute Gasteiger partial charge is 0.258 e. The number of aliphatic hydroxyl groups is 1. The first-order valence-electron chi connectivity index (χ1n) is 12.4. The number of nitrogens with zero attached hydrogens (tertiary/aromatic N) is 2. The molecule has 0 aromatic heterocycles. The van der Waals surface area contributed by atoms with Crippen LogP contribution in [0.4, 0.5) is 5.69 Å². The number of benzene rings is 5. The van der Waals surface area contributed by atoms with Crippen LogP contribution in [-0.2, 0) is 13.2 Å². The fourth-order valence-electron chi connectivity index (χ4n) is 5.24. The van der Waals surface area contributed by atoms with Gasteiger partial charge in [0.1, 0.15) is 0 Å². The highest BCUT2D eigenvalue weighted by Gasteiger charge is 2.29. The molecule has 182 valence electrons. The highest BCUT2D eigenvalue weighted by molar-refractivity contribution is 6.14. The lowest BCUT2D eigenvalue weighted by Crippen LogP contribution is -2.38. The van der Waals surface area contributed by atoms with Gasteiger partial charge in [0.15, 0.2) is 0 Å². The van der Waals surface area contributed by atoms with Crippen LogP contribution >= 0.6 is 0 Å². The van der Waals surface area contributed by atoms with Gasteiger partial charge in [0.2, 0.25) is 0 Å². The van der Waals surface area contributed by atoms with Crippen molar-refractivity contribution in [1.29, 1.82) is 0 Å². The highest BCUT2D eigenvalue weighted by Crippen LogP contribution is 2.31. The zero-order valence-corrected chi connectivity index (χ0v) is 20.3. The lowest BCUT2D eigenvalue weighted by molar-refractivity contribution is 0.0750. The predicted octanol–water partition coefficient (Wildman–Crippen LogP) is 5.79. The van der Waals surface area contributed by atoms with Crippen LogP contribution in [0.15, 0.2) is 103 Å². The van der Waals surface area contributed by atoms with Gasteiger partial charge in [0.25, 0.3) is 11.8 Å². The van der Waals surface area contributed by atoms with Crippen molar-refractivity contribution in [2.24, 2.45) is 0 Å². The van der Waals surface area contributed by atoms with Gasteiger partial charge < -0.3 is 14.9 Å². The van der Waals surface area contributed by atoms with E-state index in [2.05, 4.69) is 0 Å². The van der Waals surface area contributed by atoms with Crippen molar-refractivity contribution in [2.75, 3.05) is 18.0 Å². The summed E-state index contributed by atoms with van der Waals surface area (Å²) in [5, 5.41) is 13.6. The quantitative estimate of drug-likeness (QED) is 0.351.